The van der Waals surface area contributed by atoms with Crippen LogP contribution in [-0.2, 0) is 20.0 Å². The summed E-state index contributed by atoms with van der Waals surface area (Å²) < 4.78 is 67.7. The van der Waals surface area contributed by atoms with E-state index in [1.807, 2.05) is 11.8 Å². The first kappa shape index (κ1) is 23.6. The Kier molecular flexibility index (Phi) is 7.04. The molecular formula is C21H28FN3O4S2. The Bertz CT molecular complexity index is 1120. The molecule has 0 aromatic heterocycles. The monoisotopic (exact) mass is 469 g/mol. The van der Waals surface area contributed by atoms with Crippen LogP contribution in [0.15, 0.2) is 41.3 Å². The van der Waals surface area contributed by atoms with Crippen molar-refractivity contribution in [1.82, 2.24) is 9.03 Å². The zero-order valence-corrected chi connectivity index (χ0v) is 19.6. The highest BCUT2D eigenvalue weighted by Gasteiger charge is 2.28. The van der Waals surface area contributed by atoms with E-state index >= 15 is 0 Å². The van der Waals surface area contributed by atoms with Crippen LogP contribution < -0.4 is 9.62 Å². The van der Waals surface area contributed by atoms with Gasteiger partial charge in [0, 0.05) is 38.4 Å². The number of sulfonamides is 2. The summed E-state index contributed by atoms with van der Waals surface area (Å²) in [4.78, 5) is 2.19. The molecule has 2 aromatic carbocycles. The van der Waals surface area contributed by atoms with Crippen LogP contribution in [0.4, 0.5) is 10.1 Å². The number of aryl methyl sites for hydroxylation is 3. The molecule has 0 radical (unpaired) electrons. The Morgan fingerprint density at radius 1 is 0.903 bits per heavy atom. The molecule has 1 aliphatic rings. The highest BCUT2D eigenvalue weighted by molar-refractivity contribution is 7.90. The van der Waals surface area contributed by atoms with E-state index in [9.17, 15) is 21.2 Å². The normalized spacial score (nSPS) is 15.9. The molecule has 0 unspecified atom stereocenters. The molecule has 0 atom stereocenters. The molecule has 1 N–H and O–H groups in total. The lowest BCUT2D eigenvalue weighted by molar-refractivity contribution is 0.385. The first-order valence-electron chi connectivity index (χ1n) is 10.1. The summed E-state index contributed by atoms with van der Waals surface area (Å²) in [5.74, 6) is -0.629. The van der Waals surface area contributed by atoms with Crippen molar-refractivity contribution in [2.45, 2.75) is 25.7 Å². The summed E-state index contributed by atoms with van der Waals surface area (Å²) >= 11 is 0. The highest BCUT2D eigenvalue weighted by atomic mass is 32.2. The Labute approximate surface area is 184 Å². The van der Waals surface area contributed by atoms with Crippen LogP contribution in [-0.4, -0.2) is 59.6 Å². The maximum Gasteiger partial charge on any atom is 0.241 e. The zero-order valence-electron chi connectivity index (χ0n) is 17.9. The van der Waals surface area contributed by atoms with Gasteiger partial charge in [-0.25, -0.2) is 25.9 Å². The number of hydrogen-bond acceptors (Lipinski definition) is 5. The smallest absolute Gasteiger partial charge is 0.241 e. The molecular weight excluding hydrogens is 441 g/mol. The lowest BCUT2D eigenvalue weighted by Gasteiger charge is -2.35. The van der Waals surface area contributed by atoms with Gasteiger partial charge in [0.25, 0.3) is 0 Å². The second-order valence-electron chi connectivity index (χ2n) is 7.80. The van der Waals surface area contributed by atoms with Crippen molar-refractivity contribution >= 4 is 25.7 Å². The third-order valence-electron chi connectivity index (χ3n) is 5.35. The average molecular weight is 470 g/mol. The third kappa shape index (κ3) is 5.62. The van der Waals surface area contributed by atoms with Gasteiger partial charge in [0.05, 0.1) is 10.6 Å². The van der Waals surface area contributed by atoms with Crippen LogP contribution in [0.3, 0.4) is 0 Å². The van der Waals surface area contributed by atoms with E-state index in [0.717, 1.165) is 11.3 Å². The zero-order chi connectivity index (χ0) is 22.8. The molecule has 31 heavy (non-hydrogen) atoms. The quantitative estimate of drug-likeness (QED) is 0.672. The van der Waals surface area contributed by atoms with Gasteiger partial charge in [0.2, 0.25) is 20.0 Å². The SMILES string of the molecule is Cc1cc(C)c(S(=O)(=O)NCCS(=O)(=O)N2CCN(c3ccc(F)cc3)CC2)c(C)c1. The maximum absolute atomic E-state index is 13.1. The lowest BCUT2D eigenvalue weighted by Crippen LogP contribution is -2.50. The van der Waals surface area contributed by atoms with Gasteiger partial charge in [-0.1, -0.05) is 17.7 Å². The van der Waals surface area contributed by atoms with Crippen molar-refractivity contribution in [2.24, 2.45) is 0 Å². The van der Waals surface area contributed by atoms with E-state index in [-0.39, 0.29) is 23.0 Å². The van der Waals surface area contributed by atoms with Gasteiger partial charge < -0.3 is 4.90 Å². The molecule has 3 rings (SSSR count). The largest absolute Gasteiger partial charge is 0.369 e. The van der Waals surface area contributed by atoms with Gasteiger partial charge in [-0.15, -0.1) is 0 Å². The topological polar surface area (TPSA) is 86.8 Å². The van der Waals surface area contributed by atoms with Gasteiger partial charge in [-0.3, -0.25) is 0 Å². The van der Waals surface area contributed by atoms with Crippen molar-refractivity contribution in [3.05, 3.63) is 58.9 Å². The number of piperazine rings is 1. The van der Waals surface area contributed by atoms with E-state index in [1.54, 1.807) is 38.1 Å². The molecule has 2 aromatic rings. The molecule has 0 spiro atoms. The predicted octanol–water partition coefficient (Wildman–Crippen LogP) is 2.18. The summed E-state index contributed by atoms with van der Waals surface area (Å²) in [6.07, 6.45) is 0. The van der Waals surface area contributed by atoms with Gasteiger partial charge in [-0.05, 0) is 56.2 Å². The first-order chi connectivity index (χ1) is 14.5. The Morgan fingerprint density at radius 2 is 1.45 bits per heavy atom. The van der Waals surface area contributed by atoms with Crippen LogP contribution in [0.2, 0.25) is 0 Å². The van der Waals surface area contributed by atoms with Crippen LogP contribution in [0.1, 0.15) is 16.7 Å². The predicted molar refractivity (Wildman–Crippen MR) is 120 cm³/mol. The summed E-state index contributed by atoms with van der Waals surface area (Å²) in [5.41, 5.74) is 3.07. The fourth-order valence-electron chi connectivity index (χ4n) is 3.97. The number of nitrogens with zero attached hydrogens (tertiary/aromatic N) is 2. The number of nitrogens with one attached hydrogen (secondary N) is 1. The molecule has 0 amide bonds. The van der Waals surface area contributed by atoms with Gasteiger partial charge in [0.15, 0.2) is 0 Å². The molecule has 1 aliphatic heterocycles. The van der Waals surface area contributed by atoms with Crippen LogP contribution >= 0.6 is 0 Å². The van der Waals surface area contributed by atoms with Gasteiger partial charge >= 0.3 is 0 Å². The van der Waals surface area contributed by atoms with E-state index in [4.69, 9.17) is 0 Å². The number of benzene rings is 2. The fourth-order valence-corrected chi connectivity index (χ4v) is 6.92. The summed E-state index contributed by atoms with van der Waals surface area (Å²) in [7, 11) is -7.42. The molecule has 1 heterocycles. The molecule has 0 bridgehead atoms. The minimum absolute atomic E-state index is 0.198. The molecule has 0 aliphatic carbocycles. The lowest BCUT2D eigenvalue weighted by atomic mass is 10.1. The van der Waals surface area contributed by atoms with Crippen molar-refractivity contribution in [1.29, 1.82) is 0 Å². The third-order valence-corrected chi connectivity index (χ3v) is 8.99. The Hall–Kier alpha value is -2.01. The molecule has 0 saturated carbocycles. The minimum Gasteiger partial charge on any atom is -0.369 e. The standard InChI is InChI=1S/C21H28FN3O4S2/c1-16-14-17(2)21(18(3)15-16)31(28,29)23-8-13-30(26,27)25-11-9-24(10-12-25)20-6-4-19(22)5-7-20/h4-7,14-15,23H,8-13H2,1-3H3. The molecule has 10 heteroatoms. The first-order valence-corrected chi connectivity index (χ1v) is 13.1. The molecule has 1 saturated heterocycles. The van der Waals surface area contributed by atoms with Gasteiger partial charge in [0.1, 0.15) is 5.82 Å². The summed E-state index contributed by atoms with van der Waals surface area (Å²) in [6, 6.07) is 9.68. The Morgan fingerprint density at radius 3 is 2.00 bits per heavy atom. The number of halogens is 1. The second-order valence-corrected chi connectivity index (χ2v) is 11.6. The minimum atomic E-state index is -3.81. The molecule has 7 nitrogen and oxygen atoms in total. The highest BCUT2D eigenvalue weighted by Crippen LogP contribution is 2.22. The number of hydrogen-bond donors (Lipinski definition) is 1. The van der Waals surface area contributed by atoms with Crippen LogP contribution in [0.25, 0.3) is 0 Å². The van der Waals surface area contributed by atoms with Crippen LogP contribution in [0.5, 0.6) is 0 Å². The number of anilines is 1. The molecule has 170 valence electrons. The summed E-state index contributed by atoms with van der Waals surface area (Å²) in [5, 5.41) is 0. The molecule has 1 fully saturated rings. The maximum atomic E-state index is 13.1. The van der Waals surface area contributed by atoms with E-state index in [2.05, 4.69) is 4.72 Å². The van der Waals surface area contributed by atoms with Crippen molar-refractivity contribution in [3.8, 4) is 0 Å². The van der Waals surface area contributed by atoms with Crippen molar-refractivity contribution < 1.29 is 21.2 Å². The number of rotatable bonds is 7. The van der Waals surface area contributed by atoms with E-state index < -0.39 is 20.0 Å². The van der Waals surface area contributed by atoms with E-state index in [1.165, 1.54) is 16.4 Å². The Balaban J connectivity index is 1.58. The van der Waals surface area contributed by atoms with Crippen molar-refractivity contribution in [3.63, 3.8) is 0 Å². The van der Waals surface area contributed by atoms with Gasteiger partial charge in [-0.2, -0.15) is 4.31 Å². The van der Waals surface area contributed by atoms with Crippen molar-refractivity contribution in [2.75, 3.05) is 43.4 Å². The fraction of sp³-hybridized carbons (Fsp3) is 0.429. The van der Waals surface area contributed by atoms with E-state index in [0.29, 0.717) is 37.3 Å². The van der Waals surface area contributed by atoms with Crippen LogP contribution in [0, 0.1) is 26.6 Å². The average Bonchev–Trinajstić information content (AvgIpc) is 2.67. The second kappa shape index (κ2) is 9.23. The summed E-state index contributed by atoms with van der Waals surface area (Å²) in [6.45, 7) is 6.71.